The first kappa shape index (κ1) is 42.4. The number of fused-ring (bicyclic) bond motifs is 12. The van der Waals surface area contributed by atoms with Crippen molar-refractivity contribution in [3.8, 4) is 55.6 Å². The second kappa shape index (κ2) is 17.4. The first-order valence-corrected chi connectivity index (χ1v) is 25.2. The Morgan fingerprint density at radius 1 is 0.219 bits per heavy atom. The Morgan fingerprint density at radius 2 is 0.630 bits per heavy atom. The fourth-order valence-corrected chi connectivity index (χ4v) is 12.1. The van der Waals surface area contributed by atoms with E-state index in [0.717, 1.165) is 45.3 Å². The van der Waals surface area contributed by atoms with Crippen molar-refractivity contribution >= 4 is 44.9 Å². The molecular weight excluding hydrogens is 881 g/mol. The third-order valence-electron chi connectivity index (χ3n) is 15.2. The van der Waals surface area contributed by atoms with Gasteiger partial charge in [-0.25, -0.2) is 0 Å². The molecule has 1 unspecified atom stereocenters. The molecule has 1 atom stereocenters. The zero-order chi connectivity index (χ0) is 48.3. The van der Waals surface area contributed by atoms with Crippen molar-refractivity contribution in [1.29, 1.82) is 0 Å². The fraction of sp³-hybridized carbons (Fsp3) is 0.0141. The molecular formula is C71H48N2. The molecule has 2 aliphatic carbocycles. The van der Waals surface area contributed by atoms with Crippen molar-refractivity contribution < 1.29 is 0 Å². The number of benzene rings is 12. The van der Waals surface area contributed by atoms with Crippen LogP contribution in [0.15, 0.2) is 291 Å². The smallest absolute Gasteiger partial charge is 0.0732 e. The van der Waals surface area contributed by atoms with E-state index in [1.54, 1.807) is 0 Å². The van der Waals surface area contributed by atoms with Crippen LogP contribution in [-0.4, -0.2) is 0 Å². The quantitative estimate of drug-likeness (QED) is 0.142. The van der Waals surface area contributed by atoms with Crippen LogP contribution in [0.1, 0.15) is 22.3 Å². The molecule has 73 heavy (non-hydrogen) atoms. The minimum absolute atomic E-state index is 0.546. The third kappa shape index (κ3) is 6.94. The highest BCUT2D eigenvalue weighted by Gasteiger charge is 2.52. The van der Waals surface area contributed by atoms with E-state index < -0.39 is 5.41 Å². The summed E-state index contributed by atoms with van der Waals surface area (Å²) >= 11 is 0. The van der Waals surface area contributed by atoms with E-state index in [1.807, 2.05) is 0 Å². The summed E-state index contributed by atoms with van der Waals surface area (Å²) in [6.07, 6.45) is 0. The van der Waals surface area contributed by atoms with Crippen molar-refractivity contribution in [2.75, 3.05) is 9.80 Å². The molecule has 0 amide bonds. The molecule has 0 fully saturated rings. The number of para-hydroxylation sites is 1. The molecule has 0 radical (unpaired) electrons. The van der Waals surface area contributed by atoms with E-state index >= 15 is 0 Å². The van der Waals surface area contributed by atoms with Crippen molar-refractivity contribution in [3.05, 3.63) is 313 Å². The van der Waals surface area contributed by atoms with Gasteiger partial charge in [0.1, 0.15) is 0 Å². The molecule has 2 nitrogen and oxygen atoms in total. The van der Waals surface area contributed by atoms with Crippen LogP contribution in [0.4, 0.5) is 34.1 Å². The summed E-state index contributed by atoms with van der Waals surface area (Å²) in [7, 11) is 0. The van der Waals surface area contributed by atoms with Crippen molar-refractivity contribution in [1.82, 2.24) is 0 Å². The normalized spacial score (nSPS) is 13.8. The van der Waals surface area contributed by atoms with Crippen LogP contribution < -0.4 is 9.80 Å². The van der Waals surface area contributed by atoms with Crippen LogP contribution >= 0.6 is 0 Å². The molecule has 0 saturated carbocycles. The van der Waals surface area contributed by atoms with Gasteiger partial charge in [0.05, 0.1) is 5.41 Å². The van der Waals surface area contributed by atoms with E-state index in [9.17, 15) is 0 Å². The second-order valence-electron chi connectivity index (χ2n) is 19.2. The molecule has 0 heterocycles. The number of hydrogen-bond acceptors (Lipinski definition) is 2. The Bertz CT molecular complexity index is 3940. The Labute approximate surface area is 427 Å². The standard InChI is InChI=1S/C71H48N2/c1-5-20-49(21-6-1)53-27-19-30-59(45-53)72(56-28-11-4-12-29-56)57-37-39-58(40-38-57)73(61-46-54(50-22-7-2-8-23-50)44-55(47-61)51-24-9-3-10-25-51)60-41-43-65-63-32-15-17-34-67(63)71(69(65)48-60)68-35-18-16-33-64(68)66-42-36-52-26-13-14-31-62(52)70(66)71/h1-48H. The molecule has 0 aromatic heterocycles. The van der Waals surface area contributed by atoms with Crippen molar-refractivity contribution in [2.45, 2.75) is 5.41 Å². The minimum atomic E-state index is -0.546. The lowest BCUT2D eigenvalue weighted by Crippen LogP contribution is -2.26. The van der Waals surface area contributed by atoms with Gasteiger partial charge in [-0.1, -0.05) is 212 Å². The Balaban J connectivity index is 1.00. The first-order valence-electron chi connectivity index (χ1n) is 25.2. The minimum Gasteiger partial charge on any atom is -0.310 e. The Morgan fingerprint density at radius 3 is 1.26 bits per heavy atom. The van der Waals surface area contributed by atoms with Gasteiger partial charge in [0, 0.05) is 34.1 Å². The predicted octanol–water partition coefficient (Wildman–Crippen LogP) is 19.1. The summed E-state index contributed by atoms with van der Waals surface area (Å²) in [5, 5.41) is 2.54. The van der Waals surface area contributed by atoms with Gasteiger partial charge in [-0.05, 0) is 168 Å². The average molecular weight is 929 g/mol. The molecule has 2 aliphatic rings. The van der Waals surface area contributed by atoms with Crippen LogP contribution in [0.25, 0.3) is 66.4 Å². The topological polar surface area (TPSA) is 6.48 Å². The lowest BCUT2D eigenvalue weighted by atomic mass is 9.69. The maximum atomic E-state index is 2.51. The molecule has 0 bridgehead atoms. The Hall–Kier alpha value is -9.50. The van der Waals surface area contributed by atoms with Crippen LogP contribution in [0.2, 0.25) is 0 Å². The molecule has 0 saturated heterocycles. The molecule has 12 aromatic rings. The lowest BCUT2D eigenvalue weighted by Gasteiger charge is -2.33. The third-order valence-corrected chi connectivity index (χ3v) is 15.2. The van der Waals surface area contributed by atoms with Crippen LogP contribution in [-0.2, 0) is 5.41 Å². The van der Waals surface area contributed by atoms with E-state index in [4.69, 9.17) is 0 Å². The summed E-state index contributed by atoms with van der Waals surface area (Å²) in [4.78, 5) is 4.84. The average Bonchev–Trinajstić information content (AvgIpc) is 4.05. The monoisotopic (exact) mass is 928 g/mol. The van der Waals surface area contributed by atoms with Crippen LogP contribution in [0.5, 0.6) is 0 Å². The summed E-state index contributed by atoms with van der Waals surface area (Å²) < 4.78 is 0. The van der Waals surface area contributed by atoms with Crippen molar-refractivity contribution in [3.63, 3.8) is 0 Å². The van der Waals surface area contributed by atoms with Crippen LogP contribution in [0.3, 0.4) is 0 Å². The molecule has 342 valence electrons. The van der Waals surface area contributed by atoms with Gasteiger partial charge >= 0.3 is 0 Å². The maximum absolute atomic E-state index is 2.51. The fourth-order valence-electron chi connectivity index (χ4n) is 12.1. The van der Waals surface area contributed by atoms with E-state index in [2.05, 4.69) is 301 Å². The summed E-state index contributed by atoms with van der Waals surface area (Å²) in [5.41, 5.74) is 23.4. The van der Waals surface area contributed by atoms with E-state index in [-0.39, 0.29) is 0 Å². The van der Waals surface area contributed by atoms with Gasteiger partial charge in [-0.3, -0.25) is 0 Å². The molecule has 12 aromatic carbocycles. The van der Waals surface area contributed by atoms with Crippen molar-refractivity contribution in [2.24, 2.45) is 0 Å². The molecule has 0 N–H and O–H groups in total. The van der Waals surface area contributed by atoms with Gasteiger partial charge in [0.2, 0.25) is 0 Å². The SMILES string of the molecule is c1ccc(-c2cccc(N(c3ccccc3)c3ccc(N(c4cc(-c5ccccc5)cc(-c5ccccc5)c4)c4ccc5c(c4)C4(c6ccccc6-5)c5ccccc5-c5ccc6ccccc6c54)cc3)c2)cc1. The highest BCUT2D eigenvalue weighted by atomic mass is 15.2. The highest BCUT2D eigenvalue weighted by Crippen LogP contribution is 2.64. The maximum Gasteiger partial charge on any atom is 0.0732 e. The predicted molar refractivity (Wildman–Crippen MR) is 306 cm³/mol. The summed E-state index contributed by atoms with van der Waals surface area (Å²) in [5.74, 6) is 0. The highest BCUT2D eigenvalue weighted by molar-refractivity contribution is 6.04. The number of rotatable bonds is 9. The largest absolute Gasteiger partial charge is 0.310 e. The summed E-state index contributed by atoms with van der Waals surface area (Å²) in [6, 6.07) is 107. The number of nitrogens with zero attached hydrogens (tertiary/aromatic N) is 2. The molecule has 14 rings (SSSR count). The molecule has 2 heteroatoms. The zero-order valence-electron chi connectivity index (χ0n) is 40.1. The van der Waals surface area contributed by atoms with E-state index in [1.165, 1.54) is 77.5 Å². The van der Waals surface area contributed by atoms with Gasteiger partial charge in [0.15, 0.2) is 0 Å². The van der Waals surface area contributed by atoms with Gasteiger partial charge in [0.25, 0.3) is 0 Å². The lowest BCUT2D eigenvalue weighted by molar-refractivity contribution is 0.801. The van der Waals surface area contributed by atoms with E-state index in [0.29, 0.717) is 0 Å². The van der Waals surface area contributed by atoms with Gasteiger partial charge in [-0.15, -0.1) is 0 Å². The van der Waals surface area contributed by atoms with Gasteiger partial charge in [-0.2, -0.15) is 0 Å². The molecule has 0 aliphatic heterocycles. The number of anilines is 6. The first-order chi connectivity index (χ1) is 36.2. The van der Waals surface area contributed by atoms with Gasteiger partial charge < -0.3 is 9.80 Å². The summed E-state index contributed by atoms with van der Waals surface area (Å²) in [6.45, 7) is 0. The zero-order valence-corrected chi connectivity index (χ0v) is 40.1. The molecule has 1 spiro atoms. The Kier molecular flexibility index (Phi) is 10.1. The van der Waals surface area contributed by atoms with Crippen LogP contribution in [0, 0.1) is 0 Å². The number of hydrogen-bond donors (Lipinski definition) is 0. The second-order valence-corrected chi connectivity index (χ2v) is 19.2.